The second-order valence-electron chi connectivity index (χ2n) is 5.68. The van der Waals surface area contributed by atoms with Crippen LogP contribution < -0.4 is 5.56 Å². The fourth-order valence-corrected chi connectivity index (χ4v) is 3.72. The lowest BCUT2D eigenvalue weighted by Crippen LogP contribution is -2.20. The number of hydrogen-bond acceptors (Lipinski definition) is 2. The Balaban J connectivity index is 1.80. The summed E-state index contributed by atoms with van der Waals surface area (Å²) in [5, 5.41) is 0. The maximum Gasteiger partial charge on any atom is 0.264 e. The molecule has 3 rings (SSSR count). The molecule has 0 radical (unpaired) electrons. The number of aromatic amines is 1. The van der Waals surface area contributed by atoms with Crippen LogP contribution in [0.15, 0.2) is 35.1 Å². The van der Waals surface area contributed by atoms with Crippen LogP contribution in [-0.2, 0) is 12.8 Å². The molecule has 1 aromatic heterocycles. The summed E-state index contributed by atoms with van der Waals surface area (Å²) in [6, 6.07) is 10.3. The van der Waals surface area contributed by atoms with Gasteiger partial charge in [-0.15, -0.1) is 0 Å². The van der Waals surface area contributed by atoms with Gasteiger partial charge in [-0.2, -0.15) is 0 Å². The normalized spacial score (nSPS) is 15.5. The Morgan fingerprint density at radius 2 is 1.86 bits per heavy atom. The van der Waals surface area contributed by atoms with Crippen LogP contribution in [0.4, 0.5) is 0 Å². The summed E-state index contributed by atoms with van der Waals surface area (Å²) in [5.41, 5.74) is 2.33. The van der Waals surface area contributed by atoms with E-state index in [0.29, 0.717) is 5.92 Å². The van der Waals surface area contributed by atoms with Gasteiger partial charge < -0.3 is 4.98 Å². The Bertz CT molecular complexity index is 660. The highest BCUT2D eigenvalue weighted by atomic mass is 127. The molecule has 0 atom stereocenters. The van der Waals surface area contributed by atoms with E-state index < -0.39 is 0 Å². The first-order valence-electron chi connectivity index (χ1n) is 7.56. The van der Waals surface area contributed by atoms with Crippen molar-refractivity contribution in [2.45, 2.75) is 44.4 Å². The standard InChI is InChI=1S/C17H19IN2O/c18-15-16(13-8-4-5-9-13)19-14(20-17(15)21)11-10-12-6-2-1-3-7-12/h1-3,6-7,13H,4-5,8-11H2,(H,19,20,21). The Morgan fingerprint density at radius 1 is 1.14 bits per heavy atom. The lowest BCUT2D eigenvalue weighted by molar-refractivity contribution is 0.671. The third kappa shape index (κ3) is 3.54. The molecule has 3 nitrogen and oxygen atoms in total. The van der Waals surface area contributed by atoms with E-state index in [1.165, 1.54) is 31.2 Å². The number of hydrogen-bond donors (Lipinski definition) is 1. The first-order chi connectivity index (χ1) is 10.2. The van der Waals surface area contributed by atoms with Crippen LogP contribution in [0.3, 0.4) is 0 Å². The zero-order valence-electron chi connectivity index (χ0n) is 11.9. The van der Waals surface area contributed by atoms with Gasteiger partial charge in [0.15, 0.2) is 0 Å². The van der Waals surface area contributed by atoms with E-state index in [0.717, 1.165) is 27.9 Å². The van der Waals surface area contributed by atoms with Crippen LogP contribution >= 0.6 is 22.6 Å². The number of halogens is 1. The molecule has 0 amide bonds. The van der Waals surface area contributed by atoms with E-state index >= 15 is 0 Å². The quantitative estimate of drug-likeness (QED) is 0.802. The van der Waals surface area contributed by atoms with Gasteiger partial charge in [-0.05, 0) is 47.4 Å². The summed E-state index contributed by atoms with van der Waals surface area (Å²) in [4.78, 5) is 19.8. The Kier molecular flexibility index (Phi) is 4.73. The molecule has 110 valence electrons. The van der Waals surface area contributed by atoms with Crippen LogP contribution in [0.25, 0.3) is 0 Å². The fourth-order valence-electron chi connectivity index (χ4n) is 3.02. The van der Waals surface area contributed by atoms with Crippen molar-refractivity contribution in [2.24, 2.45) is 0 Å². The Hall–Kier alpha value is -1.17. The number of rotatable bonds is 4. The molecule has 1 heterocycles. The molecule has 1 aliphatic carbocycles. The monoisotopic (exact) mass is 394 g/mol. The minimum atomic E-state index is 0.0237. The second-order valence-corrected chi connectivity index (χ2v) is 6.76. The number of benzene rings is 1. The van der Waals surface area contributed by atoms with Crippen molar-refractivity contribution in [1.82, 2.24) is 9.97 Å². The molecule has 0 spiro atoms. The van der Waals surface area contributed by atoms with E-state index in [1.807, 2.05) is 18.2 Å². The van der Waals surface area contributed by atoms with Gasteiger partial charge in [0.1, 0.15) is 5.82 Å². The second kappa shape index (κ2) is 6.73. The van der Waals surface area contributed by atoms with Gasteiger partial charge in [-0.3, -0.25) is 4.79 Å². The van der Waals surface area contributed by atoms with Crippen molar-refractivity contribution in [1.29, 1.82) is 0 Å². The zero-order chi connectivity index (χ0) is 14.7. The van der Waals surface area contributed by atoms with E-state index in [1.54, 1.807) is 0 Å². The van der Waals surface area contributed by atoms with Gasteiger partial charge in [-0.1, -0.05) is 43.2 Å². The zero-order valence-corrected chi connectivity index (χ0v) is 14.1. The highest BCUT2D eigenvalue weighted by molar-refractivity contribution is 14.1. The first-order valence-corrected chi connectivity index (χ1v) is 8.64. The van der Waals surface area contributed by atoms with Gasteiger partial charge in [0, 0.05) is 12.3 Å². The summed E-state index contributed by atoms with van der Waals surface area (Å²) in [5.74, 6) is 1.31. The SMILES string of the molecule is O=c1[nH]c(CCc2ccccc2)nc(C2CCCC2)c1I. The number of aryl methyl sites for hydroxylation is 2. The van der Waals surface area contributed by atoms with Crippen LogP contribution in [0.2, 0.25) is 0 Å². The minimum Gasteiger partial charge on any atom is -0.310 e. The number of nitrogens with zero attached hydrogens (tertiary/aromatic N) is 1. The van der Waals surface area contributed by atoms with Gasteiger partial charge in [-0.25, -0.2) is 4.98 Å². The largest absolute Gasteiger partial charge is 0.310 e. The van der Waals surface area contributed by atoms with Crippen LogP contribution in [0.1, 0.15) is 48.7 Å². The maximum atomic E-state index is 12.1. The molecule has 4 heteroatoms. The molecule has 1 N–H and O–H groups in total. The lowest BCUT2D eigenvalue weighted by Gasteiger charge is -2.12. The van der Waals surface area contributed by atoms with Crippen molar-refractivity contribution in [3.63, 3.8) is 0 Å². The molecule has 1 aromatic carbocycles. The topological polar surface area (TPSA) is 45.8 Å². The van der Waals surface area contributed by atoms with E-state index in [2.05, 4.69) is 39.7 Å². The summed E-state index contributed by atoms with van der Waals surface area (Å²) in [6.45, 7) is 0. The van der Waals surface area contributed by atoms with Gasteiger partial charge in [0.2, 0.25) is 0 Å². The third-order valence-corrected chi connectivity index (χ3v) is 5.22. The predicted molar refractivity (Wildman–Crippen MR) is 92.6 cm³/mol. The van der Waals surface area contributed by atoms with Crippen LogP contribution in [-0.4, -0.2) is 9.97 Å². The highest BCUT2D eigenvalue weighted by Crippen LogP contribution is 2.34. The van der Waals surface area contributed by atoms with Gasteiger partial charge in [0.25, 0.3) is 5.56 Å². The fraction of sp³-hybridized carbons (Fsp3) is 0.412. The molecule has 1 saturated carbocycles. The van der Waals surface area contributed by atoms with Crippen molar-refractivity contribution < 1.29 is 0 Å². The maximum absolute atomic E-state index is 12.1. The van der Waals surface area contributed by atoms with Crippen molar-refractivity contribution in [3.05, 3.63) is 61.3 Å². The van der Waals surface area contributed by atoms with Gasteiger partial charge in [0.05, 0.1) is 9.26 Å². The van der Waals surface area contributed by atoms with Crippen LogP contribution in [0.5, 0.6) is 0 Å². The molecule has 0 unspecified atom stereocenters. The summed E-state index contributed by atoms with van der Waals surface area (Å²) in [6.07, 6.45) is 6.56. The molecule has 1 fully saturated rings. The molecule has 21 heavy (non-hydrogen) atoms. The number of nitrogens with one attached hydrogen (secondary N) is 1. The molecule has 1 aliphatic rings. The smallest absolute Gasteiger partial charge is 0.264 e. The van der Waals surface area contributed by atoms with E-state index in [4.69, 9.17) is 4.98 Å². The minimum absolute atomic E-state index is 0.0237. The summed E-state index contributed by atoms with van der Waals surface area (Å²) >= 11 is 2.14. The predicted octanol–water partition coefficient (Wildman–Crippen LogP) is 3.82. The number of aromatic nitrogens is 2. The summed E-state index contributed by atoms with van der Waals surface area (Å²) in [7, 11) is 0. The van der Waals surface area contributed by atoms with Crippen molar-refractivity contribution in [2.75, 3.05) is 0 Å². The van der Waals surface area contributed by atoms with E-state index in [9.17, 15) is 4.79 Å². The molecule has 0 aliphatic heterocycles. The lowest BCUT2D eigenvalue weighted by atomic mass is 10.0. The Morgan fingerprint density at radius 3 is 2.57 bits per heavy atom. The molecule has 0 bridgehead atoms. The molecular formula is C17H19IN2O. The van der Waals surface area contributed by atoms with Crippen LogP contribution in [0, 0.1) is 3.57 Å². The average Bonchev–Trinajstić information content (AvgIpc) is 3.03. The highest BCUT2D eigenvalue weighted by Gasteiger charge is 2.22. The first kappa shape index (κ1) is 14.8. The summed E-state index contributed by atoms with van der Waals surface area (Å²) < 4.78 is 0.781. The van der Waals surface area contributed by atoms with Gasteiger partial charge >= 0.3 is 0 Å². The molecule has 0 saturated heterocycles. The van der Waals surface area contributed by atoms with Crippen molar-refractivity contribution >= 4 is 22.6 Å². The molecular weight excluding hydrogens is 375 g/mol. The molecule has 2 aromatic rings. The number of H-pyrrole nitrogens is 1. The average molecular weight is 394 g/mol. The van der Waals surface area contributed by atoms with Crippen molar-refractivity contribution in [3.8, 4) is 0 Å². The Labute approximate surface area is 138 Å². The van der Waals surface area contributed by atoms with E-state index in [-0.39, 0.29) is 5.56 Å². The third-order valence-electron chi connectivity index (χ3n) is 4.17.